The van der Waals surface area contributed by atoms with Crippen LogP contribution in [0.3, 0.4) is 0 Å². The van der Waals surface area contributed by atoms with Crippen molar-refractivity contribution in [2.45, 2.75) is 0 Å². The van der Waals surface area contributed by atoms with Crippen LogP contribution in [0.5, 0.6) is 0 Å². The van der Waals surface area contributed by atoms with Crippen LogP contribution in [0.2, 0.25) is 10.0 Å². The Morgan fingerprint density at radius 1 is 1.08 bits per heavy atom. The van der Waals surface area contributed by atoms with Gasteiger partial charge in [-0.3, -0.25) is 0 Å². The van der Waals surface area contributed by atoms with Gasteiger partial charge in [0.2, 0.25) is 0 Å². The molecule has 0 amide bonds. The SMILES string of the molecule is [Li][c]1cc2cc(Cl)c(Cl)cc2o1. The summed E-state index contributed by atoms with van der Waals surface area (Å²) in [6.07, 6.45) is 0. The molecule has 12 heavy (non-hydrogen) atoms. The average Bonchev–Trinajstić information content (AvgIpc) is 2.30. The molecule has 0 saturated heterocycles. The summed E-state index contributed by atoms with van der Waals surface area (Å²) in [5, 5.41) is 2.07. The molecule has 0 saturated carbocycles. The molecule has 2 rings (SSSR count). The first-order chi connectivity index (χ1) is 5.66. The third kappa shape index (κ3) is 1.39. The summed E-state index contributed by atoms with van der Waals surface area (Å²) in [6.45, 7) is 0. The zero-order chi connectivity index (χ0) is 8.72. The van der Waals surface area contributed by atoms with Crippen molar-refractivity contribution in [3.05, 3.63) is 28.2 Å². The van der Waals surface area contributed by atoms with E-state index in [1.54, 1.807) is 12.1 Å². The second kappa shape index (κ2) is 3.01. The Kier molecular flexibility index (Phi) is 2.14. The van der Waals surface area contributed by atoms with Crippen molar-refractivity contribution < 1.29 is 4.42 Å². The van der Waals surface area contributed by atoms with Gasteiger partial charge in [0.15, 0.2) is 0 Å². The van der Waals surface area contributed by atoms with Gasteiger partial charge in [0, 0.05) is 0 Å². The van der Waals surface area contributed by atoms with Gasteiger partial charge in [0.1, 0.15) is 0 Å². The van der Waals surface area contributed by atoms with Crippen molar-refractivity contribution in [2.24, 2.45) is 0 Å². The number of rotatable bonds is 0. The molecule has 4 heteroatoms. The molecule has 0 radical (unpaired) electrons. The van der Waals surface area contributed by atoms with Crippen LogP contribution in [0.4, 0.5) is 0 Å². The standard InChI is InChI=1S/C8H3Cl2O.Li/c9-6-3-5-1-2-11-8(5)4-7(6)10;/h1,3-4H;. The van der Waals surface area contributed by atoms with Crippen molar-refractivity contribution in [3.8, 4) is 0 Å². The van der Waals surface area contributed by atoms with Crippen LogP contribution in [0.25, 0.3) is 11.0 Å². The van der Waals surface area contributed by atoms with E-state index in [0.29, 0.717) is 10.0 Å². The molecule has 0 N–H and O–H groups in total. The van der Waals surface area contributed by atoms with Crippen molar-refractivity contribution >= 4 is 56.3 Å². The topological polar surface area (TPSA) is 13.1 Å². The number of halogens is 2. The molecule has 0 unspecified atom stereocenters. The van der Waals surface area contributed by atoms with Crippen LogP contribution in [0, 0.1) is 0 Å². The van der Waals surface area contributed by atoms with Gasteiger partial charge in [0.25, 0.3) is 0 Å². The molecule has 56 valence electrons. The van der Waals surface area contributed by atoms with Crippen molar-refractivity contribution in [1.29, 1.82) is 0 Å². The molecule has 1 heterocycles. The van der Waals surface area contributed by atoms with E-state index in [2.05, 4.69) is 0 Å². The minimum absolute atomic E-state index is 0.526. The second-order valence-electron chi connectivity index (χ2n) is 2.66. The van der Waals surface area contributed by atoms with E-state index in [0.717, 1.165) is 15.4 Å². The predicted octanol–water partition coefficient (Wildman–Crippen LogP) is 2.53. The van der Waals surface area contributed by atoms with Gasteiger partial charge in [-0.2, -0.15) is 0 Å². The summed E-state index contributed by atoms with van der Waals surface area (Å²) in [6, 6.07) is 5.46. The quantitative estimate of drug-likeness (QED) is 0.585. The Hall–Kier alpha value is -0.0626. The Morgan fingerprint density at radius 2 is 1.75 bits per heavy atom. The minimum atomic E-state index is 0.526. The van der Waals surface area contributed by atoms with E-state index in [1.165, 1.54) is 0 Å². The maximum absolute atomic E-state index is 5.82. The number of hydrogen-bond acceptors (Lipinski definition) is 1. The Labute approximate surface area is 88.8 Å². The Balaban J connectivity index is 2.83. The summed E-state index contributed by atoms with van der Waals surface area (Å²) >= 11 is 13.5. The molecule has 0 aliphatic rings. The van der Waals surface area contributed by atoms with Crippen LogP contribution < -0.4 is 4.43 Å². The van der Waals surface area contributed by atoms with Gasteiger partial charge in [-0.05, 0) is 0 Å². The fourth-order valence-corrected chi connectivity index (χ4v) is 1.49. The van der Waals surface area contributed by atoms with Crippen LogP contribution in [0.15, 0.2) is 22.6 Å². The molecule has 1 aromatic carbocycles. The van der Waals surface area contributed by atoms with Crippen LogP contribution >= 0.6 is 23.2 Å². The van der Waals surface area contributed by atoms with Crippen molar-refractivity contribution in [3.63, 3.8) is 0 Å². The summed E-state index contributed by atoms with van der Waals surface area (Å²) in [5.74, 6) is 0. The van der Waals surface area contributed by atoms with E-state index in [1.807, 2.05) is 23.8 Å². The summed E-state index contributed by atoms with van der Waals surface area (Å²) in [4.78, 5) is 0. The molecule has 0 aliphatic heterocycles. The van der Waals surface area contributed by atoms with E-state index in [4.69, 9.17) is 27.6 Å². The van der Waals surface area contributed by atoms with Gasteiger partial charge in [-0.25, -0.2) is 0 Å². The molecule has 1 aromatic heterocycles. The van der Waals surface area contributed by atoms with Crippen LogP contribution in [0.1, 0.15) is 0 Å². The first-order valence-electron chi connectivity index (χ1n) is 3.52. The van der Waals surface area contributed by atoms with E-state index >= 15 is 0 Å². The molecule has 0 spiro atoms. The van der Waals surface area contributed by atoms with Crippen LogP contribution in [-0.4, -0.2) is 17.7 Å². The van der Waals surface area contributed by atoms with Crippen molar-refractivity contribution in [2.75, 3.05) is 0 Å². The molecular weight excluding hydrogens is 190 g/mol. The van der Waals surface area contributed by atoms with Gasteiger partial charge in [-0.1, -0.05) is 0 Å². The second-order valence-corrected chi connectivity index (χ2v) is 3.48. The number of fused-ring (bicyclic) bond motifs is 1. The van der Waals surface area contributed by atoms with Gasteiger partial charge >= 0.3 is 89.0 Å². The number of benzene rings is 1. The first-order valence-corrected chi connectivity index (χ1v) is 4.27. The van der Waals surface area contributed by atoms with Gasteiger partial charge < -0.3 is 0 Å². The Bertz CT molecular complexity index is 397. The summed E-state index contributed by atoms with van der Waals surface area (Å²) < 4.78 is 6.22. The Morgan fingerprint density at radius 3 is 2.50 bits per heavy atom. The number of hydrogen-bond donors (Lipinski definition) is 0. The van der Waals surface area contributed by atoms with E-state index in [-0.39, 0.29) is 0 Å². The third-order valence-electron chi connectivity index (χ3n) is 1.68. The summed E-state index contributed by atoms with van der Waals surface area (Å²) in [7, 11) is 0. The van der Waals surface area contributed by atoms with E-state index < -0.39 is 0 Å². The van der Waals surface area contributed by atoms with Gasteiger partial charge in [-0.15, -0.1) is 0 Å². The molecular formula is C8H3Cl2LiO. The first kappa shape index (κ1) is 8.53. The molecule has 0 fully saturated rings. The molecule has 1 nitrogen and oxygen atoms in total. The fourth-order valence-electron chi connectivity index (χ4n) is 1.17. The van der Waals surface area contributed by atoms with Crippen LogP contribution in [-0.2, 0) is 0 Å². The maximum atomic E-state index is 5.82. The molecule has 0 bridgehead atoms. The monoisotopic (exact) mass is 192 g/mol. The summed E-state index contributed by atoms with van der Waals surface area (Å²) in [5.41, 5.74) is 0.780. The van der Waals surface area contributed by atoms with E-state index in [9.17, 15) is 0 Å². The van der Waals surface area contributed by atoms with Crippen molar-refractivity contribution in [1.82, 2.24) is 0 Å². The predicted molar refractivity (Wildman–Crippen MR) is 51.6 cm³/mol. The van der Waals surface area contributed by atoms with Gasteiger partial charge in [0.05, 0.1) is 0 Å². The zero-order valence-corrected chi connectivity index (χ0v) is 7.91. The fraction of sp³-hybridized carbons (Fsp3) is 0. The molecule has 0 aliphatic carbocycles. The molecule has 2 aromatic rings. The third-order valence-corrected chi connectivity index (χ3v) is 2.40. The number of furan rings is 1. The normalized spacial score (nSPS) is 11.0. The average molecular weight is 193 g/mol. The zero-order valence-electron chi connectivity index (χ0n) is 6.40. The molecule has 0 atom stereocenters.